The summed E-state index contributed by atoms with van der Waals surface area (Å²) in [6.45, 7) is 2.30. The predicted molar refractivity (Wildman–Crippen MR) is 107 cm³/mol. The Bertz CT molecular complexity index is 964. The largest absolute Gasteiger partial charge is 0.391 e. The fourth-order valence-corrected chi connectivity index (χ4v) is 3.33. The molecule has 0 saturated carbocycles. The first kappa shape index (κ1) is 18.7. The Morgan fingerprint density at radius 1 is 1.31 bits per heavy atom. The fraction of sp³-hybridized carbons (Fsp3) is 0.421. The van der Waals surface area contributed by atoms with Crippen LogP contribution in [0.25, 0.3) is 22.3 Å². The zero-order chi connectivity index (χ0) is 18.7. The van der Waals surface area contributed by atoms with Crippen molar-refractivity contribution in [3.63, 3.8) is 0 Å². The van der Waals surface area contributed by atoms with Crippen molar-refractivity contribution in [2.45, 2.75) is 32.4 Å². The van der Waals surface area contributed by atoms with Crippen LogP contribution >= 0.6 is 11.8 Å². The number of aromatic nitrogens is 4. The summed E-state index contributed by atoms with van der Waals surface area (Å²) in [5.74, 6) is 2.31. The van der Waals surface area contributed by atoms with Gasteiger partial charge in [0.15, 0.2) is 11.6 Å². The van der Waals surface area contributed by atoms with Crippen LogP contribution in [0.5, 0.6) is 0 Å². The van der Waals surface area contributed by atoms with Gasteiger partial charge in [-0.15, -0.1) is 0 Å². The van der Waals surface area contributed by atoms with Gasteiger partial charge >= 0.3 is 0 Å². The van der Waals surface area contributed by atoms with E-state index in [4.69, 9.17) is 4.98 Å². The van der Waals surface area contributed by atoms with Crippen LogP contribution in [0.2, 0.25) is 0 Å². The van der Waals surface area contributed by atoms with Crippen molar-refractivity contribution in [1.82, 2.24) is 19.3 Å². The Labute approximate surface area is 156 Å². The van der Waals surface area contributed by atoms with Crippen LogP contribution in [0.3, 0.4) is 0 Å². The first-order valence-electron chi connectivity index (χ1n) is 8.75. The van der Waals surface area contributed by atoms with E-state index in [0.29, 0.717) is 18.8 Å². The molecule has 26 heavy (non-hydrogen) atoms. The third-order valence-corrected chi connectivity index (χ3v) is 5.11. The van der Waals surface area contributed by atoms with Crippen LogP contribution in [0.4, 0.5) is 0 Å². The first-order valence-corrected chi connectivity index (χ1v) is 10.1. The summed E-state index contributed by atoms with van der Waals surface area (Å²) in [6, 6.07) is 9.39. The van der Waals surface area contributed by atoms with Crippen molar-refractivity contribution in [1.29, 1.82) is 0 Å². The number of aryl methyl sites for hydroxylation is 2. The molecule has 0 fully saturated rings. The molecule has 138 valence electrons. The average Bonchev–Trinajstić information content (AvgIpc) is 3.05. The smallest absolute Gasteiger partial charge is 0.251 e. The van der Waals surface area contributed by atoms with Gasteiger partial charge in [-0.25, -0.2) is 9.67 Å². The summed E-state index contributed by atoms with van der Waals surface area (Å²) < 4.78 is 3.38. The number of fused-ring (bicyclic) bond motifs is 1. The maximum Gasteiger partial charge on any atom is 0.251 e. The van der Waals surface area contributed by atoms with Crippen molar-refractivity contribution in [3.05, 3.63) is 46.5 Å². The lowest BCUT2D eigenvalue weighted by molar-refractivity contribution is 0.145. The van der Waals surface area contributed by atoms with Gasteiger partial charge in [0.05, 0.1) is 18.2 Å². The van der Waals surface area contributed by atoms with Crippen molar-refractivity contribution < 1.29 is 5.11 Å². The molecule has 0 bridgehead atoms. The molecule has 1 N–H and O–H groups in total. The second-order valence-corrected chi connectivity index (χ2v) is 7.30. The highest BCUT2D eigenvalue weighted by Crippen LogP contribution is 2.26. The maximum atomic E-state index is 12.4. The van der Waals surface area contributed by atoms with Gasteiger partial charge in [-0.3, -0.25) is 4.79 Å². The molecule has 0 aliphatic rings. The number of thioether (sulfide) groups is 1. The van der Waals surface area contributed by atoms with Crippen molar-refractivity contribution in [2.24, 2.45) is 7.05 Å². The zero-order valence-electron chi connectivity index (χ0n) is 15.3. The van der Waals surface area contributed by atoms with E-state index in [-0.39, 0.29) is 5.56 Å². The van der Waals surface area contributed by atoms with Gasteiger partial charge in [0.2, 0.25) is 0 Å². The molecule has 0 amide bonds. The Morgan fingerprint density at radius 2 is 2.08 bits per heavy atom. The molecule has 0 saturated heterocycles. The molecule has 3 aromatic rings. The van der Waals surface area contributed by atoms with E-state index < -0.39 is 6.10 Å². The molecular weight excluding hydrogens is 348 g/mol. The topological polar surface area (TPSA) is 72.9 Å². The lowest BCUT2D eigenvalue weighted by atomic mass is 10.1. The number of nitrogens with zero attached hydrogens (tertiary/aromatic N) is 4. The third kappa shape index (κ3) is 3.68. The number of rotatable bonds is 7. The van der Waals surface area contributed by atoms with Gasteiger partial charge in [0.25, 0.3) is 5.56 Å². The molecule has 2 heterocycles. The van der Waals surface area contributed by atoms with Crippen LogP contribution in [0.1, 0.15) is 19.2 Å². The summed E-state index contributed by atoms with van der Waals surface area (Å²) in [4.78, 5) is 17.2. The normalized spacial score (nSPS) is 12.6. The van der Waals surface area contributed by atoms with E-state index in [2.05, 4.69) is 5.10 Å². The average molecular weight is 372 g/mol. The Kier molecular flexibility index (Phi) is 5.78. The molecule has 0 aliphatic heterocycles. The molecule has 2 aromatic heterocycles. The monoisotopic (exact) mass is 372 g/mol. The molecule has 1 unspecified atom stereocenters. The van der Waals surface area contributed by atoms with Crippen LogP contribution in [0, 0.1) is 0 Å². The zero-order valence-corrected chi connectivity index (χ0v) is 16.2. The number of aliphatic hydroxyl groups excluding tert-OH is 1. The van der Waals surface area contributed by atoms with Crippen molar-refractivity contribution >= 4 is 22.7 Å². The molecule has 0 radical (unpaired) electrons. The number of benzene rings is 1. The fourth-order valence-electron chi connectivity index (χ4n) is 2.94. The minimum atomic E-state index is -0.498. The standard InChI is InChI=1S/C19H24N4O2S/c1-4-13(24)12-23-19(20-17(21-23)9-10-26-3)15-11-18(25)22(2)16-8-6-5-7-14(15)16/h5-8,11,13,24H,4,9-10,12H2,1-3H3. The molecule has 1 atom stereocenters. The SMILES string of the molecule is CCC(O)Cn1nc(CCSC)nc1-c1cc(=O)n(C)c2ccccc12. The second-order valence-electron chi connectivity index (χ2n) is 6.31. The van der Waals surface area contributed by atoms with Gasteiger partial charge in [-0.1, -0.05) is 25.1 Å². The third-order valence-electron chi connectivity index (χ3n) is 4.50. The van der Waals surface area contributed by atoms with Crippen molar-refractivity contribution in [2.75, 3.05) is 12.0 Å². The van der Waals surface area contributed by atoms with E-state index in [9.17, 15) is 9.90 Å². The minimum Gasteiger partial charge on any atom is -0.391 e. The molecular formula is C19H24N4O2S. The number of hydrogen-bond acceptors (Lipinski definition) is 5. The van der Waals surface area contributed by atoms with Gasteiger partial charge in [0.1, 0.15) is 0 Å². The molecule has 7 heteroatoms. The summed E-state index contributed by atoms with van der Waals surface area (Å²) in [5.41, 5.74) is 1.52. The molecule has 0 aliphatic carbocycles. The van der Waals surface area contributed by atoms with Crippen LogP contribution in [-0.4, -0.2) is 42.6 Å². The number of pyridine rings is 1. The summed E-state index contributed by atoms with van der Waals surface area (Å²) in [5, 5.41) is 15.7. The van der Waals surface area contributed by atoms with Gasteiger partial charge in [-0.05, 0) is 18.7 Å². The van der Waals surface area contributed by atoms with Gasteiger partial charge in [-0.2, -0.15) is 16.9 Å². The first-order chi connectivity index (χ1) is 12.5. The van der Waals surface area contributed by atoms with E-state index in [1.54, 1.807) is 34.1 Å². The lowest BCUT2D eigenvalue weighted by Crippen LogP contribution is -2.19. The Hall–Kier alpha value is -2.12. The van der Waals surface area contributed by atoms with E-state index in [0.717, 1.165) is 34.5 Å². The Morgan fingerprint density at radius 3 is 2.81 bits per heavy atom. The highest BCUT2D eigenvalue weighted by atomic mass is 32.2. The summed E-state index contributed by atoms with van der Waals surface area (Å²) >= 11 is 1.74. The van der Waals surface area contributed by atoms with Gasteiger partial charge < -0.3 is 9.67 Å². The van der Waals surface area contributed by atoms with Crippen molar-refractivity contribution in [3.8, 4) is 11.4 Å². The van der Waals surface area contributed by atoms with Crippen LogP contribution in [0.15, 0.2) is 35.1 Å². The summed E-state index contributed by atoms with van der Waals surface area (Å²) in [6.07, 6.45) is 2.94. The lowest BCUT2D eigenvalue weighted by Gasteiger charge is -2.13. The van der Waals surface area contributed by atoms with Gasteiger partial charge in [0, 0.05) is 36.2 Å². The van der Waals surface area contributed by atoms with E-state index in [1.807, 2.05) is 37.4 Å². The number of para-hydroxylation sites is 1. The molecule has 0 spiro atoms. The number of hydrogen-bond donors (Lipinski definition) is 1. The predicted octanol–water partition coefficient (Wildman–Crippen LogP) is 2.47. The Balaban J connectivity index is 2.19. The quantitative estimate of drug-likeness (QED) is 0.690. The van der Waals surface area contributed by atoms with E-state index in [1.165, 1.54) is 0 Å². The van der Waals surface area contributed by atoms with E-state index >= 15 is 0 Å². The second kappa shape index (κ2) is 8.05. The minimum absolute atomic E-state index is 0.0880. The molecule has 3 rings (SSSR count). The van der Waals surface area contributed by atoms with Crippen LogP contribution < -0.4 is 5.56 Å². The highest BCUT2D eigenvalue weighted by Gasteiger charge is 2.18. The van der Waals surface area contributed by atoms with Crippen LogP contribution in [-0.2, 0) is 20.0 Å². The summed E-state index contributed by atoms with van der Waals surface area (Å²) in [7, 11) is 1.77. The molecule has 6 nitrogen and oxygen atoms in total. The highest BCUT2D eigenvalue weighted by molar-refractivity contribution is 7.98. The maximum absolute atomic E-state index is 12.4. The molecule has 1 aromatic carbocycles. The number of aliphatic hydroxyl groups is 1.